The maximum Gasteiger partial charge on any atom is 0.408 e. The first kappa shape index (κ1) is 24.0. The highest BCUT2D eigenvalue weighted by Crippen LogP contribution is 2.30. The van der Waals surface area contributed by atoms with Crippen molar-refractivity contribution in [1.29, 1.82) is 0 Å². The third-order valence-electron chi connectivity index (χ3n) is 4.97. The van der Waals surface area contributed by atoms with E-state index in [0.717, 1.165) is 37.4 Å². The molecule has 0 aliphatic carbocycles. The largest absolute Gasteiger partial charge is 0.444 e. The lowest BCUT2D eigenvalue weighted by atomic mass is 9.98. The molecule has 32 heavy (non-hydrogen) atoms. The van der Waals surface area contributed by atoms with Crippen molar-refractivity contribution in [1.82, 2.24) is 10.3 Å². The maximum atomic E-state index is 12.1. The number of rotatable bonds is 7. The van der Waals surface area contributed by atoms with Crippen LogP contribution in [0.2, 0.25) is 0 Å². The Morgan fingerprint density at radius 1 is 1.31 bits per heavy atom. The van der Waals surface area contributed by atoms with Gasteiger partial charge in [-0.2, -0.15) is 0 Å². The van der Waals surface area contributed by atoms with Crippen LogP contribution in [0.3, 0.4) is 0 Å². The van der Waals surface area contributed by atoms with E-state index in [2.05, 4.69) is 32.7 Å². The quantitative estimate of drug-likeness (QED) is 0.645. The lowest BCUT2D eigenvalue weighted by Crippen LogP contribution is -2.37. The highest BCUT2D eigenvalue weighted by atomic mass is 32.1. The molecule has 3 rings (SSSR count). The van der Waals surface area contributed by atoms with E-state index >= 15 is 0 Å². The average molecular weight is 461 g/mol. The zero-order valence-electron chi connectivity index (χ0n) is 19.1. The molecule has 1 fully saturated rings. The van der Waals surface area contributed by atoms with Crippen LogP contribution in [0, 0.1) is 5.92 Å². The molecule has 0 bridgehead atoms. The molecule has 1 aliphatic heterocycles. The van der Waals surface area contributed by atoms with Crippen molar-refractivity contribution >= 4 is 34.2 Å². The standard InChI is InChI=1S/C23H32N4O4S/c1-23(2,3)31-22(29)24-12-20(28)26-21-25-19(15-32-21)17-8-5-9-18(11-17)27-10-6-7-16(13-27)14-30-4/h5,8-9,11,15-16H,6-7,10,12-14H2,1-4H3,(H,24,29)(H,25,26,28)/t16-/m0/s1. The number of carbonyl (C=O) groups excluding carboxylic acids is 2. The van der Waals surface area contributed by atoms with Crippen molar-refractivity contribution in [3.05, 3.63) is 29.6 Å². The third kappa shape index (κ3) is 7.20. The summed E-state index contributed by atoms with van der Waals surface area (Å²) in [4.78, 5) is 30.8. The van der Waals surface area contributed by atoms with E-state index in [1.54, 1.807) is 27.9 Å². The van der Waals surface area contributed by atoms with Crippen LogP contribution in [0.4, 0.5) is 15.6 Å². The summed E-state index contributed by atoms with van der Waals surface area (Å²) < 4.78 is 10.5. The SMILES string of the molecule is COC[C@H]1CCCN(c2cccc(-c3csc(NC(=O)CNC(=O)OC(C)(C)C)n3)c2)C1. The van der Waals surface area contributed by atoms with E-state index in [1.807, 2.05) is 17.5 Å². The predicted molar refractivity (Wildman–Crippen MR) is 127 cm³/mol. The minimum absolute atomic E-state index is 0.184. The van der Waals surface area contributed by atoms with Gasteiger partial charge in [-0.1, -0.05) is 12.1 Å². The van der Waals surface area contributed by atoms with Crippen LogP contribution in [0.15, 0.2) is 29.6 Å². The number of aromatic nitrogens is 1. The van der Waals surface area contributed by atoms with Crippen LogP contribution in [0.25, 0.3) is 11.3 Å². The number of hydrogen-bond donors (Lipinski definition) is 2. The number of thiazole rings is 1. The lowest BCUT2D eigenvalue weighted by Gasteiger charge is -2.34. The number of amides is 2. The molecule has 8 nitrogen and oxygen atoms in total. The average Bonchev–Trinajstić information content (AvgIpc) is 3.20. The van der Waals surface area contributed by atoms with Crippen molar-refractivity contribution in [2.45, 2.75) is 39.2 Å². The van der Waals surface area contributed by atoms with E-state index in [-0.39, 0.29) is 12.5 Å². The Labute approximate surface area is 193 Å². The second kappa shape index (κ2) is 10.8. The van der Waals surface area contributed by atoms with E-state index in [1.165, 1.54) is 23.4 Å². The molecular formula is C23H32N4O4S. The Kier molecular flexibility index (Phi) is 8.09. The van der Waals surface area contributed by atoms with Crippen LogP contribution in [0.5, 0.6) is 0 Å². The molecule has 0 spiro atoms. The van der Waals surface area contributed by atoms with Gasteiger partial charge in [0.1, 0.15) is 12.1 Å². The van der Waals surface area contributed by atoms with Gasteiger partial charge in [0.05, 0.1) is 12.3 Å². The topological polar surface area (TPSA) is 92.8 Å². The van der Waals surface area contributed by atoms with Crippen LogP contribution >= 0.6 is 11.3 Å². The zero-order chi connectivity index (χ0) is 23.1. The van der Waals surface area contributed by atoms with E-state index in [9.17, 15) is 9.59 Å². The first-order valence-electron chi connectivity index (χ1n) is 10.8. The molecule has 2 aromatic rings. The number of ether oxygens (including phenoxy) is 2. The minimum atomic E-state index is -0.630. The first-order valence-corrected chi connectivity index (χ1v) is 11.7. The summed E-state index contributed by atoms with van der Waals surface area (Å²) in [6.45, 7) is 7.92. The molecule has 0 saturated carbocycles. The van der Waals surface area contributed by atoms with Gasteiger partial charge in [0.25, 0.3) is 0 Å². The molecule has 1 aromatic carbocycles. The lowest BCUT2D eigenvalue weighted by molar-refractivity contribution is -0.115. The number of anilines is 2. The molecule has 1 saturated heterocycles. The number of benzene rings is 1. The third-order valence-corrected chi connectivity index (χ3v) is 5.73. The summed E-state index contributed by atoms with van der Waals surface area (Å²) in [5.41, 5.74) is 2.36. The number of carbonyl (C=O) groups is 2. The van der Waals surface area contributed by atoms with Gasteiger partial charge in [-0.15, -0.1) is 11.3 Å². The number of piperidine rings is 1. The normalized spacial score (nSPS) is 16.5. The zero-order valence-corrected chi connectivity index (χ0v) is 20.0. The van der Waals surface area contributed by atoms with Gasteiger partial charge in [-0.05, 0) is 51.7 Å². The molecule has 9 heteroatoms. The monoisotopic (exact) mass is 460 g/mol. The van der Waals surface area contributed by atoms with Gasteiger partial charge < -0.3 is 25.0 Å². The number of alkyl carbamates (subject to hydrolysis) is 1. The fourth-order valence-electron chi connectivity index (χ4n) is 3.63. The van der Waals surface area contributed by atoms with Crippen molar-refractivity contribution in [2.24, 2.45) is 5.92 Å². The van der Waals surface area contributed by atoms with Crippen molar-refractivity contribution < 1.29 is 19.1 Å². The van der Waals surface area contributed by atoms with Gasteiger partial charge in [0.2, 0.25) is 5.91 Å². The molecule has 2 N–H and O–H groups in total. The van der Waals surface area contributed by atoms with Crippen molar-refractivity contribution in [3.63, 3.8) is 0 Å². The van der Waals surface area contributed by atoms with E-state index in [4.69, 9.17) is 9.47 Å². The van der Waals surface area contributed by atoms with Crippen LogP contribution in [-0.2, 0) is 14.3 Å². The Morgan fingerprint density at radius 2 is 2.12 bits per heavy atom. The van der Waals surface area contributed by atoms with Crippen LogP contribution in [-0.4, -0.2) is 55.9 Å². The fourth-order valence-corrected chi connectivity index (χ4v) is 4.36. The molecule has 2 amide bonds. The van der Waals surface area contributed by atoms with Gasteiger partial charge in [0.15, 0.2) is 5.13 Å². The summed E-state index contributed by atoms with van der Waals surface area (Å²) in [7, 11) is 1.76. The Bertz CT molecular complexity index is 923. The summed E-state index contributed by atoms with van der Waals surface area (Å²) >= 11 is 1.35. The summed E-state index contributed by atoms with van der Waals surface area (Å²) in [6.07, 6.45) is 1.72. The van der Waals surface area contributed by atoms with Crippen molar-refractivity contribution in [2.75, 3.05) is 43.6 Å². The van der Waals surface area contributed by atoms with Crippen LogP contribution < -0.4 is 15.5 Å². The van der Waals surface area contributed by atoms with Gasteiger partial charge >= 0.3 is 6.09 Å². The first-order chi connectivity index (χ1) is 15.2. The highest BCUT2D eigenvalue weighted by Gasteiger charge is 2.21. The van der Waals surface area contributed by atoms with Gasteiger partial charge in [-0.3, -0.25) is 4.79 Å². The van der Waals surface area contributed by atoms with Crippen molar-refractivity contribution in [3.8, 4) is 11.3 Å². The Hall–Kier alpha value is -2.65. The minimum Gasteiger partial charge on any atom is -0.444 e. The molecule has 2 heterocycles. The molecule has 0 radical (unpaired) electrons. The van der Waals surface area contributed by atoms with E-state index < -0.39 is 11.7 Å². The van der Waals surface area contributed by atoms with Gasteiger partial charge in [-0.25, -0.2) is 9.78 Å². The highest BCUT2D eigenvalue weighted by molar-refractivity contribution is 7.14. The number of nitrogens with one attached hydrogen (secondary N) is 2. The maximum absolute atomic E-state index is 12.1. The van der Waals surface area contributed by atoms with E-state index in [0.29, 0.717) is 11.0 Å². The second-order valence-electron chi connectivity index (χ2n) is 8.90. The van der Waals surface area contributed by atoms with Gasteiger partial charge in [0, 0.05) is 36.8 Å². The molecule has 1 aromatic heterocycles. The number of methoxy groups -OCH3 is 1. The molecule has 174 valence electrons. The Morgan fingerprint density at radius 3 is 2.88 bits per heavy atom. The number of hydrogen-bond acceptors (Lipinski definition) is 7. The van der Waals surface area contributed by atoms with Crippen LogP contribution in [0.1, 0.15) is 33.6 Å². The summed E-state index contributed by atoms with van der Waals surface area (Å²) in [5, 5.41) is 7.57. The summed E-state index contributed by atoms with van der Waals surface area (Å²) in [6, 6.07) is 8.31. The number of nitrogens with zero attached hydrogens (tertiary/aromatic N) is 2. The summed E-state index contributed by atoms with van der Waals surface area (Å²) in [5.74, 6) is 0.191. The molecular weight excluding hydrogens is 428 g/mol. The fraction of sp³-hybridized carbons (Fsp3) is 0.522. The molecule has 1 atom stereocenters. The second-order valence-corrected chi connectivity index (χ2v) is 9.76. The molecule has 1 aliphatic rings. The Balaban J connectivity index is 1.58. The molecule has 0 unspecified atom stereocenters. The smallest absolute Gasteiger partial charge is 0.408 e. The predicted octanol–water partition coefficient (Wildman–Crippen LogP) is 4.14.